The van der Waals surface area contributed by atoms with Crippen LogP contribution in [-0.4, -0.2) is 31.0 Å². The highest BCUT2D eigenvalue weighted by Crippen LogP contribution is 2.29. The van der Waals surface area contributed by atoms with E-state index in [1.165, 1.54) is 5.75 Å². The Kier molecular flexibility index (Phi) is 7.37. The van der Waals surface area contributed by atoms with Crippen molar-refractivity contribution < 1.29 is 4.74 Å². The van der Waals surface area contributed by atoms with Crippen molar-refractivity contribution in [2.75, 3.05) is 31.0 Å². The molecule has 80 valence electrons. The van der Waals surface area contributed by atoms with Crippen LogP contribution in [0.25, 0.3) is 0 Å². The van der Waals surface area contributed by atoms with Crippen LogP contribution < -0.4 is 0 Å². The number of hydrogen-bond donors (Lipinski definition) is 1. The van der Waals surface area contributed by atoms with Crippen LogP contribution in [0.2, 0.25) is 0 Å². The van der Waals surface area contributed by atoms with Crippen molar-refractivity contribution in [3.05, 3.63) is 0 Å². The molecule has 0 saturated carbocycles. The zero-order valence-electron chi connectivity index (χ0n) is 9.17. The number of rotatable bonds is 6. The molecule has 1 unspecified atom stereocenters. The molecule has 1 atom stereocenters. The largest absolute Gasteiger partial charge is 0.384 e. The summed E-state index contributed by atoms with van der Waals surface area (Å²) in [5.41, 5.74) is 0.377. The Hall–Kier alpha value is 0.660. The van der Waals surface area contributed by atoms with Crippen molar-refractivity contribution in [1.82, 2.24) is 0 Å². The highest BCUT2D eigenvalue weighted by molar-refractivity contribution is 7.99. The molecule has 0 aromatic heterocycles. The van der Waals surface area contributed by atoms with E-state index in [1.54, 1.807) is 7.11 Å². The van der Waals surface area contributed by atoms with E-state index in [-0.39, 0.29) is 0 Å². The Labute approximate surface area is 92.4 Å². The molecule has 0 aliphatic heterocycles. The van der Waals surface area contributed by atoms with Gasteiger partial charge in [-0.05, 0) is 22.8 Å². The molecule has 0 fully saturated rings. The van der Waals surface area contributed by atoms with Gasteiger partial charge in [0.1, 0.15) is 0 Å². The molecule has 0 aliphatic rings. The maximum Gasteiger partial charge on any atom is 0.0552 e. The van der Waals surface area contributed by atoms with Crippen molar-refractivity contribution >= 4 is 24.4 Å². The Morgan fingerprint density at radius 2 is 2.00 bits per heavy atom. The number of ether oxygens (including phenoxy) is 1. The van der Waals surface area contributed by atoms with Crippen molar-refractivity contribution in [2.24, 2.45) is 11.3 Å². The Morgan fingerprint density at radius 3 is 2.38 bits per heavy atom. The Bertz CT molecular complexity index is 121. The van der Waals surface area contributed by atoms with Crippen molar-refractivity contribution in [3.8, 4) is 0 Å². The third-order valence-corrected chi connectivity index (χ3v) is 3.73. The predicted octanol–water partition coefficient (Wildman–Crippen LogP) is 2.96. The SMILES string of the molecule is COCCSCC(CS)C(C)(C)C. The van der Waals surface area contributed by atoms with Crippen LogP contribution in [0.1, 0.15) is 20.8 Å². The average Bonchev–Trinajstić information content (AvgIpc) is 2.02. The van der Waals surface area contributed by atoms with Crippen LogP contribution in [-0.2, 0) is 4.74 Å². The van der Waals surface area contributed by atoms with E-state index in [1.807, 2.05) is 11.8 Å². The predicted molar refractivity (Wildman–Crippen MR) is 66.0 cm³/mol. The summed E-state index contributed by atoms with van der Waals surface area (Å²) in [5, 5.41) is 0. The summed E-state index contributed by atoms with van der Waals surface area (Å²) in [7, 11) is 1.75. The van der Waals surface area contributed by atoms with E-state index in [9.17, 15) is 0 Å². The summed E-state index contributed by atoms with van der Waals surface area (Å²) in [6.07, 6.45) is 0. The molecule has 0 heterocycles. The maximum absolute atomic E-state index is 5.00. The van der Waals surface area contributed by atoms with Gasteiger partial charge in [-0.15, -0.1) is 0 Å². The summed E-state index contributed by atoms with van der Waals surface area (Å²) in [5.74, 6) is 3.95. The van der Waals surface area contributed by atoms with Gasteiger partial charge in [-0.25, -0.2) is 0 Å². The van der Waals surface area contributed by atoms with Crippen LogP contribution in [0.4, 0.5) is 0 Å². The van der Waals surface area contributed by atoms with E-state index in [4.69, 9.17) is 4.74 Å². The zero-order chi connectivity index (χ0) is 10.3. The Balaban J connectivity index is 3.61. The quantitative estimate of drug-likeness (QED) is 0.546. The molecular weight excluding hydrogens is 200 g/mol. The number of methoxy groups -OCH3 is 1. The number of thiol groups is 1. The molecular formula is C10H22OS2. The van der Waals surface area contributed by atoms with Gasteiger partial charge in [-0.3, -0.25) is 0 Å². The molecule has 0 N–H and O–H groups in total. The molecule has 0 saturated heterocycles. The molecule has 0 aromatic carbocycles. The van der Waals surface area contributed by atoms with Gasteiger partial charge in [-0.2, -0.15) is 24.4 Å². The van der Waals surface area contributed by atoms with E-state index >= 15 is 0 Å². The highest BCUT2D eigenvalue weighted by Gasteiger charge is 2.22. The molecule has 0 rings (SSSR count). The van der Waals surface area contributed by atoms with Crippen LogP contribution >= 0.6 is 24.4 Å². The standard InChI is InChI=1S/C10H22OS2/c1-10(2,3)9(7-12)8-13-6-5-11-4/h9,12H,5-8H2,1-4H3. The van der Waals surface area contributed by atoms with E-state index in [0.29, 0.717) is 11.3 Å². The van der Waals surface area contributed by atoms with Crippen LogP contribution in [0.5, 0.6) is 0 Å². The van der Waals surface area contributed by atoms with E-state index in [0.717, 1.165) is 18.1 Å². The van der Waals surface area contributed by atoms with Crippen LogP contribution in [0.3, 0.4) is 0 Å². The fourth-order valence-corrected chi connectivity index (χ4v) is 3.15. The molecule has 3 heteroatoms. The third-order valence-electron chi connectivity index (χ3n) is 2.20. The lowest BCUT2D eigenvalue weighted by Crippen LogP contribution is -2.24. The average molecular weight is 222 g/mol. The fourth-order valence-electron chi connectivity index (χ4n) is 0.944. The Morgan fingerprint density at radius 1 is 1.38 bits per heavy atom. The van der Waals surface area contributed by atoms with Crippen LogP contribution in [0, 0.1) is 11.3 Å². The lowest BCUT2D eigenvalue weighted by molar-refractivity contribution is 0.218. The second-order valence-corrected chi connectivity index (χ2v) is 5.83. The maximum atomic E-state index is 5.00. The second kappa shape index (κ2) is 7.02. The minimum absolute atomic E-state index is 0.377. The summed E-state index contributed by atoms with van der Waals surface area (Å²) in [6, 6.07) is 0. The zero-order valence-corrected chi connectivity index (χ0v) is 10.9. The molecule has 0 aliphatic carbocycles. The molecule has 0 spiro atoms. The summed E-state index contributed by atoms with van der Waals surface area (Å²) in [6.45, 7) is 7.70. The number of thioether (sulfide) groups is 1. The minimum Gasteiger partial charge on any atom is -0.384 e. The van der Waals surface area contributed by atoms with Gasteiger partial charge in [0, 0.05) is 12.9 Å². The third kappa shape index (κ3) is 6.69. The first-order chi connectivity index (χ1) is 6.02. The minimum atomic E-state index is 0.377. The van der Waals surface area contributed by atoms with Crippen molar-refractivity contribution in [1.29, 1.82) is 0 Å². The van der Waals surface area contributed by atoms with Gasteiger partial charge in [-0.1, -0.05) is 20.8 Å². The lowest BCUT2D eigenvalue weighted by Gasteiger charge is -2.29. The first-order valence-corrected chi connectivity index (χ1v) is 6.48. The van der Waals surface area contributed by atoms with Crippen molar-refractivity contribution in [2.45, 2.75) is 20.8 Å². The molecule has 1 nitrogen and oxygen atoms in total. The topological polar surface area (TPSA) is 9.23 Å². The summed E-state index contributed by atoms with van der Waals surface area (Å²) in [4.78, 5) is 0. The molecule has 13 heavy (non-hydrogen) atoms. The van der Waals surface area contributed by atoms with E-state index in [2.05, 4.69) is 33.4 Å². The van der Waals surface area contributed by atoms with E-state index < -0.39 is 0 Å². The van der Waals surface area contributed by atoms with Gasteiger partial charge in [0.05, 0.1) is 6.61 Å². The molecule has 0 radical (unpaired) electrons. The van der Waals surface area contributed by atoms with Gasteiger partial charge < -0.3 is 4.74 Å². The molecule has 0 bridgehead atoms. The fraction of sp³-hybridized carbons (Fsp3) is 1.00. The first kappa shape index (κ1) is 13.7. The number of hydrogen-bond acceptors (Lipinski definition) is 3. The van der Waals surface area contributed by atoms with Gasteiger partial charge in [0.15, 0.2) is 0 Å². The normalized spacial score (nSPS) is 14.5. The summed E-state index contributed by atoms with van der Waals surface area (Å²) >= 11 is 6.35. The smallest absolute Gasteiger partial charge is 0.0552 e. The van der Waals surface area contributed by atoms with Gasteiger partial charge >= 0.3 is 0 Å². The van der Waals surface area contributed by atoms with Gasteiger partial charge in [0.25, 0.3) is 0 Å². The van der Waals surface area contributed by atoms with Gasteiger partial charge in [0.2, 0.25) is 0 Å². The molecule has 0 amide bonds. The van der Waals surface area contributed by atoms with Crippen molar-refractivity contribution in [3.63, 3.8) is 0 Å². The summed E-state index contributed by atoms with van der Waals surface area (Å²) < 4.78 is 5.00. The highest BCUT2D eigenvalue weighted by atomic mass is 32.2. The second-order valence-electron chi connectivity index (χ2n) is 4.31. The molecule has 0 aromatic rings. The monoisotopic (exact) mass is 222 g/mol. The first-order valence-electron chi connectivity index (χ1n) is 4.70. The lowest BCUT2D eigenvalue weighted by atomic mass is 9.83. The van der Waals surface area contributed by atoms with Crippen LogP contribution in [0.15, 0.2) is 0 Å².